The van der Waals surface area contributed by atoms with Crippen molar-refractivity contribution >= 4 is 23.6 Å². The smallest absolute Gasteiger partial charge is 0.232 e. The van der Waals surface area contributed by atoms with Crippen LogP contribution in [-0.2, 0) is 9.59 Å². The maximum atomic E-state index is 12.0. The maximum absolute atomic E-state index is 12.0. The summed E-state index contributed by atoms with van der Waals surface area (Å²) in [5.74, 6) is 1.38. The van der Waals surface area contributed by atoms with Gasteiger partial charge in [0, 0.05) is 38.7 Å². The molecule has 0 saturated carbocycles. The van der Waals surface area contributed by atoms with Crippen LogP contribution in [0.1, 0.15) is 25.7 Å². The standard InChI is InChI=1S/C14H24N2O3S/c1-20-10-14(19)15-7-5-12-11(9-15)3-4-13(18)16(12)6-2-8-17/h11-12,17H,2-10H2,1H3/t11-,12+/m0/s1. The lowest BCUT2D eigenvalue weighted by atomic mass is 9.83. The van der Waals surface area contributed by atoms with E-state index in [2.05, 4.69) is 0 Å². The summed E-state index contributed by atoms with van der Waals surface area (Å²) in [6.45, 7) is 2.31. The molecule has 2 amide bonds. The minimum atomic E-state index is 0.125. The first-order valence-corrected chi connectivity index (χ1v) is 8.73. The highest BCUT2D eigenvalue weighted by molar-refractivity contribution is 7.99. The van der Waals surface area contributed by atoms with Crippen LogP contribution in [0.15, 0.2) is 0 Å². The van der Waals surface area contributed by atoms with Crippen molar-refractivity contribution < 1.29 is 14.7 Å². The van der Waals surface area contributed by atoms with E-state index in [0.29, 0.717) is 31.1 Å². The van der Waals surface area contributed by atoms with E-state index < -0.39 is 0 Å². The van der Waals surface area contributed by atoms with Crippen molar-refractivity contribution in [3.63, 3.8) is 0 Å². The van der Waals surface area contributed by atoms with E-state index in [0.717, 1.165) is 25.9 Å². The van der Waals surface area contributed by atoms with Crippen LogP contribution in [0.2, 0.25) is 0 Å². The molecular weight excluding hydrogens is 276 g/mol. The molecule has 2 aliphatic heterocycles. The van der Waals surface area contributed by atoms with Gasteiger partial charge in [0.15, 0.2) is 0 Å². The molecule has 0 radical (unpaired) electrons. The number of carbonyl (C=O) groups excluding carboxylic acids is 2. The number of amides is 2. The minimum Gasteiger partial charge on any atom is -0.396 e. The van der Waals surface area contributed by atoms with Crippen molar-refractivity contribution in [2.24, 2.45) is 5.92 Å². The first-order chi connectivity index (χ1) is 9.67. The van der Waals surface area contributed by atoms with E-state index in [-0.39, 0.29) is 24.5 Å². The van der Waals surface area contributed by atoms with Crippen LogP contribution in [0, 0.1) is 5.92 Å². The molecule has 20 heavy (non-hydrogen) atoms. The number of aliphatic hydroxyl groups is 1. The molecule has 0 aromatic heterocycles. The quantitative estimate of drug-likeness (QED) is 0.806. The average molecular weight is 300 g/mol. The molecular formula is C14H24N2O3S. The molecule has 114 valence electrons. The number of rotatable bonds is 5. The van der Waals surface area contributed by atoms with Crippen LogP contribution in [0.25, 0.3) is 0 Å². The van der Waals surface area contributed by atoms with Crippen molar-refractivity contribution in [3.8, 4) is 0 Å². The Morgan fingerprint density at radius 2 is 2.25 bits per heavy atom. The number of aliphatic hydroxyl groups excluding tert-OH is 1. The lowest BCUT2D eigenvalue weighted by molar-refractivity contribution is -0.143. The highest BCUT2D eigenvalue weighted by atomic mass is 32.2. The van der Waals surface area contributed by atoms with Gasteiger partial charge in [0.2, 0.25) is 11.8 Å². The number of likely N-dealkylation sites (tertiary alicyclic amines) is 2. The predicted octanol–water partition coefficient (Wildman–Crippen LogP) is 0.571. The van der Waals surface area contributed by atoms with Crippen LogP contribution in [0.3, 0.4) is 0 Å². The van der Waals surface area contributed by atoms with Crippen molar-refractivity contribution in [3.05, 3.63) is 0 Å². The Morgan fingerprint density at radius 3 is 2.95 bits per heavy atom. The molecule has 0 aliphatic carbocycles. The lowest BCUT2D eigenvalue weighted by Crippen LogP contribution is -2.57. The summed E-state index contributed by atoms with van der Waals surface area (Å²) in [6.07, 6.45) is 4.94. The van der Waals surface area contributed by atoms with Gasteiger partial charge >= 0.3 is 0 Å². The Morgan fingerprint density at radius 1 is 1.45 bits per heavy atom. The number of fused-ring (bicyclic) bond motifs is 1. The first kappa shape index (κ1) is 15.6. The van der Waals surface area contributed by atoms with Gasteiger partial charge in [-0.3, -0.25) is 9.59 Å². The molecule has 2 fully saturated rings. The molecule has 0 aromatic carbocycles. The fourth-order valence-corrected chi connectivity index (χ4v) is 3.75. The summed E-state index contributed by atoms with van der Waals surface area (Å²) in [5, 5.41) is 8.96. The van der Waals surface area contributed by atoms with Crippen molar-refractivity contribution in [2.75, 3.05) is 38.2 Å². The van der Waals surface area contributed by atoms with E-state index in [1.165, 1.54) is 0 Å². The molecule has 5 nitrogen and oxygen atoms in total. The normalized spacial score (nSPS) is 26.6. The fraction of sp³-hybridized carbons (Fsp3) is 0.857. The lowest BCUT2D eigenvalue weighted by Gasteiger charge is -2.47. The van der Waals surface area contributed by atoms with Gasteiger partial charge in [0.25, 0.3) is 0 Å². The van der Waals surface area contributed by atoms with Gasteiger partial charge in [0.1, 0.15) is 0 Å². The van der Waals surface area contributed by atoms with E-state index in [9.17, 15) is 9.59 Å². The molecule has 0 spiro atoms. The van der Waals surface area contributed by atoms with Gasteiger partial charge in [-0.1, -0.05) is 0 Å². The minimum absolute atomic E-state index is 0.125. The third-order valence-corrected chi connectivity index (χ3v) is 4.86. The second kappa shape index (κ2) is 7.31. The number of hydrogen-bond acceptors (Lipinski definition) is 4. The second-order valence-corrected chi connectivity index (χ2v) is 6.46. The summed E-state index contributed by atoms with van der Waals surface area (Å²) < 4.78 is 0. The van der Waals surface area contributed by atoms with Crippen LogP contribution in [-0.4, -0.2) is 71.0 Å². The van der Waals surface area contributed by atoms with Crippen molar-refractivity contribution in [1.29, 1.82) is 0 Å². The number of nitrogens with zero attached hydrogens (tertiary/aromatic N) is 2. The summed E-state index contributed by atoms with van der Waals surface area (Å²) in [4.78, 5) is 27.9. The van der Waals surface area contributed by atoms with E-state index >= 15 is 0 Å². The summed E-state index contributed by atoms with van der Waals surface area (Å²) in [5.41, 5.74) is 0. The molecule has 2 heterocycles. The van der Waals surface area contributed by atoms with Crippen LogP contribution < -0.4 is 0 Å². The van der Waals surface area contributed by atoms with Gasteiger partial charge < -0.3 is 14.9 Å². The van der Waals surface area contributed by atoms with Crippen LogP contribution >= 0.6 is 11.8 Å². The Labute approximate surface area is 124 Å². The predicted molar refractivity (Wildman–Crippen MR) is 79.5 cm³/mol. The molecule has 2 aliphatic rings. The summed E-state index contributed by atoms with van der Waals surface area (Å²) in [7, 11) is 0. The Hall–Kier alpha value is -0.750. The first-order valence-electron chi connectivity index (χ1n) is 7.34. The van der Waals surface area contributed by atoms with Gasteiger partial charge in [0.05, 0.1) is 5.75 Å². The number of piperidine rings is 2. The summed E-state index contributed by atoms with van der Waals surface area (Å²) in [6, 6.07) is 0.265. The van der Waals surface area contributed by atoms with Crippen LogP contribution in [0.4, 0.5) is 0 Å². The van der Waals surface area contributed by atoms with E-state index in [4.69, 9.17) is 5.11 Å². The number of thioether (sulfide) groups is 1. The van der Waals surface area contributed by atoms with Gasteiger partial charge in [-0.05, 0) is 31.4 Å². The highest BCUT2D eigenvalue weighted by Crippen LogP contribution is 2.31. The maximum Gasteiger partial charge on any atom is 0.232 e. The van der Waals surface area contributed by atoms with Crippen molar-refractivity contribution in [2.45, 2.75) is 31.7 Å². The average Bonchev–Trinajstić information content (AvgIpc) is 2.46. The monoisotopic (exact) mass is 300 g/mol. The third kappa shape index (κ3) is 3.47. The molecule has 2 saturated heterocycles. The summed E-state index contributed by atoms with van der Waals surface area (Å²) >= 11 is 1.56. The van der Waals surface area contributed by atoms with Gasteiger partial charge in [-0.15, -0.1) is 0 Å². The van der Waals surface area contributed by atoms with E-state index in [1.807, 2.05) is 16.1 Å². The molecule has 0 aromatic rings. The largest absolute Gasteiger partial charge is 0.396 e. The van der Waals surface area contributed by atoms with E-state index in [1.54, 1.807) is 11.8 Å². The highest BCUT2D eigenvalue weighted by Gasteiger charge is 2.39. The topological polar surface area (TPSA) is 60.9 Å². The zero-order valence-corrected chi connectivity index (χ0v) is 12.9. The zero-order valence-electron chi connectivity index (χ0n) is 12.1. The SMILES string of the molecule is CSCC(=O)N1CC[C@@H]2[C@@H](CCC(=O)N2CCCO)C1. The Bertz CT molecular complexity index is 364. The molecule has 2 rings (SSSR count). The number of hydrogen-bond donors (Lipinski definition) is 1. The molecule has 6 heteroatoms. The molecule has 0 unspecified atom stereocenters. The molecule has 2 atom stereocenters. The molecule has 0 bridgehead atoms. The van der Waals surface area contributed by atoms with Crippen LogP contribution in [0.5, 0.6) is 0 Å². The van der Waals surface area contributed by atoms with Gasteiger partial charge in [-0.2, -0.15) is 11.8 Å². The third-order valence-electron chi connectivity index (χ3n) is 4.32. The van der Waals surface area contributed by atoms with Gasteiger partial charge in [-0.25, -0.2) is 0 Å². The second-order valence-electron chi connectivity index (χ2n) is 5.59. The zero-order chi connectivity index (χ0) is 14.5. The fourth-order valence-electron chi connectivity index (χ4n) is 3.32. The van der Waals surface area contributed by atoms with Crippen molar-refractivity contribution in [1.82, 2.24) is 9.80 Å². The Balaban J connectivity index is 1.96. The molecule has 1 N–H and O–H groups in total. The Kier molecular flexibility index (Phi) is 5.72. The number of carbonyl (C=O) groups is 2.